The molecule has 0 aromatic carbocycles. The van der Waals surface area contributed by atoms with Gasteiger partial charge in [-0.05, 0) is 18.8 Å². The van der Waals surface area contributed by atoms with Crippen LogP contribution in [0.2, 0.25) is 0 Å². The summed E-state index contributed by atoms with van der Waals surface area (Å²) in [6.07, 6.45) is 5.72. The van der Waals surface area contributed by atoms with Gasteiger partial charge in [0.1, 0.15) is 0 Å². The molecule has 16 heavy (non-hydrogen) atoms. The van der Waals surface area contributed by atoms with Crippen molar-refractivity contribution in [1.29, 1.82) is 0 Å². The van der Waals surface area contributed by atoms with Crippen LogP contribution in [0.25, 0.3) is 0 Å². The standard InChI is InChI=1S/C13H26N2O/c1-10(2)12(9-14)15-7-8-16-13-6-4-3-5-11(13)15/h10-13H,3-9,14H2,1-2H3. The fraction of sp³-hybridized carbons (Fsp3) is 1.00. The Kier molecular flexibility index (Phi) is 4.22. The van der Waals surface area contributed by atoms with Crippen LogP contribution in [0, 0.1) is 5.92 Å². The zero-order valence-corrected chi connectivity index (χ0v) is 10.7. The SMILES string of the molecule is CC(C)C(CN)N1CCOC2CCCCC21. The van der Waals surface area contributed by atoms with Crippen molar-refractivity contribution in [3.05, 3.63) is 0 Å². The number of morpholine rings is 1. The van der Waals surface area contributed by atoms with E-state index in [9.17, 15) is 0 Å². The molecule has 2 aliphatic rings. The Balaban J connectivity index is 2.06. The zero-order chi connectivity index (χ0) is 11.5. The smallest absolute Gasteiger partial charge is 0.0731 e. The monoisotopic (exact) mass is 226 g/mol. The van der Waals surface area contributed by atoms with Crippen LogP contribution in [-0.2, 0) is 4.74 Å². The van der Waals surface area contributed by atoms with E-state index in [-0.39, 0.29) is 0 Å². The van der Waals surface area contributed by atoms with Gasteiger partial charge in [-0.3, -0.25) is 4.90 Å². The normalized spacial score (nSPS) is 33.8. The zero-order valence-electron chi connectivity index (χ0n) is 10.7. The van der Waals surface area contributed by atoms with Crippen molar-refractivity contribution in [2.24, 2.45) is 11.7 Å². The van der Waals surface area contributed by atoms with Crippen LogP contribution in [0.15, 0.2) is 0 Å². The van der Waals surface area contributed by atoms with E-state index in [0.717, 1.165) is 19.7 Å². The quantitative estimate of drug-likeness (QED) is 0.794. The molecule has 3 nitrogen and oxygen atoms in total. The van der Waals surface area contributed by atoms with Gasteiger partial charge in [0.05, 0.1) is 12.7 Å². The van der Waals surface area contributed by atoms with Crippen molar-refractivity contribution in [3.63, 3.8) is 0 Å². The van der Waals surface area contributed by atoms with Gasteiger partial charge in [-0.25, -0.2) is 0 Å². The second-order valence-electron chi connectivity index (χ2n) is 5.55. The van der Waals surface area contributed by atoms with Crippen LogP contribution in [0.3, 0.4) is 0 Å². The molecular formula is C13H26N2O. The maximum Gasteiger partial charge on any atom is 0.0731 e. The molecule has 0 bridgehead atoms. The van der Waals surface area contributed by atoms with E-state index in [2.05, 4.69) is 18.7 Å². The highest BCUT2D eigenvalue weighted by molar-refractivity contribution is 4.91. The second-order valence-corrected chi connectivity index (χ2v) is 5.55. The van der Waals surface area contributed by atoms with Crippen molar-refractivity contribution >= 4 is 0 Å². The van der Waals surface area contributed by atoms with Crippen LogP contribution in [0.5, 0.6) is 0 Å². The van der Waals surface area contributed by atoms with Crippen LogP contribution < -0.4 is 5.73 Å². The van der Waals surface area contributed by atoms with Gasteiger partial charge in [0.25, 0.3) is 0 Å². The maximum atomic E-state index is 5.94. The first-order valence-corrected chi connectivity index (χ1v) is 6.81. The number of hydrogen-bond acceptors (Lipinski definition) is 3. The second kappa shape index (κ2) is 5.48. The summed E-state index contributed by atoms with van der Waals surface area (Å²) in [6, 6.07) is 1.17. The Morgan fingerprint density at radius 1 is 1.31 bits per heavy atom. The molecule has 1 saturated carbocycles. The summed E-state index contributed by atoms with van der Waals surface area (Å²) in [5.41, 5.74) is 5.94. The maximum absolute atomic E-state index is 5.94. The van der Waals surface area contributed by atoms with E-state index in [1.54, 1.807) is 0 Å². The molecule has 2 rings (SSSR count). The lowest BCUT2D eigenvalue weighted by atomic mass is 9.87. The Labute approximate surface area is 99.3 Å². The fourth-order valence-corrected chi connectivity index (χ4v) is 3.33. The summed E-state index contributed by atoms with van der Waals surface area (Å²) in [6.45, 7) is 7.31. The molecule has 1 aliphatic carbocycles. The predicted octanol–water partition coefficient (Wildman–Crippen LogP) is 1.61. The first kappa shape index (κ1) is 12.3. The molecule has 0 amide bonds. The molecule has 94 valence electrons. The third-order valence-electron chi connectivity index (χ3n) is 4.21. The summed E-state index contributed by atoms with van der Waals surface area (Å²) in [5.74, 6) is 0.644. The van der Waals surface area contributed by atoms with E-state index in [0.29, 0.717) is 24.1 Å². The molecule has 1 saturated heterocycles. The highest BCUT2D eigenvalue weighted by Crippen LogP contribution is 2.30. The van der Waals surface area contributed by atoms with Crippen molar-refractivity contribution in [1.82, 2.24) is 4.90 Å². The number of fused-ring (bicyclic) bond motifs is 1. The van der Waals surface area contributed by atoms with Crippen molar-refractivity contribution in [2.45, 2.75) is 57.7 Å². The predicted molar refractivity (Wildman–Crippen MR) is 66.4 cm³/mol. The molecule has 2 N–H and O–H groups in total. The number of nitrogens with zero attached hydrogens (tertiary/aromatic N) is 1. The van der Waals surface area contributed by atoms with Gasteiger partial charge in [0.2, 0.25) is 0 Å². The van der Waals surface area contributed by atoms with Gasteiger partial charge in [-0.15, -0.1) is 0 Å². The van der Waals surface area contributed by atoms with Gasteiger partial charge in [-0.2, -0.15) is 0 Å². The van der Waals surface area contributed by atoms with Crippen LogP contribution in [0.1, 0.15) is 39.5 Å². The Morgan fingerprint density at radius 2 is 2.06 bits per heavy atom. The van der Waals surface area contributed by atoms with Gasteiger partial charge < -0.3 is 10.5 Å². The first-order valence-electron chi connectivity index (χ1n) is 6.81. The minimum absolute atomic E-state index is 0.482. The summed E-state index contributed by atoms with van der Waals surface area (Å²) < 4.78 is 5.90. The highest BCUT2D eigenvalue weighted by Gasteiger charge is 2.37. The molecule has 0 aromatic rings. The molecule has 3 heteroatoms. The van der Waals surface area contributed by atoms with Crippen LogP contribution in [-0.4, -0.2) is 42.8 Å². The third-order valence-corrected chi connectivity index (χ3v) is 4.21. The average molecular weight is 226 g/mol. The van der Waals surface area contributed by atoms with Crippen molar-refractivity contribution in [3.8, 4) is 0 Å². The molecule has 0 spiro atoms. The molecule has 1 heterocycles. The summed E-state index contributed by atoms with van der Waals surface area (Å²) in [5, 5.41) is 0. The Bertz CT molecular complexity index is 218. The lowest BCUT2D eigenvalue weighted by Gasteiger charge is -2.48. The minimum atomic E-state index is 0.482. The van der Waals surface area contributed by atoms with E-state index in [4.69, 9.17) is 10.5 Å². The number of rotatable bonds is 3. The summed E-state index contributed by atoms with van der Waals surface area (Å²) >= 11 is 0. The van der Waals surface area contributed by atoms with E-state index >= 15 is 0 Å². The average Bonchev–Trinajstić information content (AvgIpc) is 2.30. The summed E-state index contributed by atoms with van der Waals surface area (Å²) in [7, 11) is 0. The van der Waals surface area contributed by atoms with Gasteiger partial charge in [0.15, 0.2) is 0 Å². The van der Waals surface area contributed by atoms with E-state index in [1.807, 2.05) is 0 Å². The third kappa shape index (κ3) is 2.41. The molecule has 2 fully saturated rings. The van der Waals surface area contributed by atoms with Crippen molar-refractivity contribution in [2.75, 3.05) is 19.7 Å². The number of hydrogen-bond donors (Lipinski definition) is 1. The van der Waals surface area contributed by atoms with Crippen molar-refractivity contribution < 1.29 is 4.74 Å². The molecule has 0 aromatic heterocycles. The largest absolute Gasteiger partial charge is 0.375 e. The van der Waals surface area contributed by atoms with Crippen LogP contribution >= 0.6 is 0 Å². The van der Waals surface area contributed by atoms with Gasteiger partial charge in [-0.1, -0.05) is 26.7 Å². The molecule has 1 aliphatic heterocycles. The van der Waals surface area contributed by atoms with Crippen LogP contribution in [0.4, 0.5) is 0 Å². The lowest BCUT2D eigenvalue weighted by molar-refractivity contribution is -0.106. The Morgan fingerprint density at radius 3 is 2.75 bits per heavy atom. The number of ether oxygens (including phenoxy) is 1. The van der Waals surface area contributed by atoms with E-state index in [1.165, 1.54) is 25.7 Å². The topological polar surface area (TPSA) is 38.5 Å². The first-order chi connectivity index (χ1) is 7.74. The fourth-order valence-electron chi connectivity index (χ4n) is 3.33. The molecule has 3 unspecified atom stereocenters. The lowest BCUT2D eigenvalue weighted by Crippen LogP contribution is -2.59. The van der Waals surface area contributed by atoms with Gasteiger partial charge >= 0.3 is 0 Å². The molecule has 3 atom stereocenters. The summed E-state index contributed by atoms with van der Waals surface area (Å²) in [4.78, 5) is 2.64. The minimum Gasteiger partial charge on any atom is -0.375 e. The Hall–Kier alpha value is -0.120. The number of nitrogens with two attached hydrogens (primary N) is 1. The molecular weight excluding hydrogens is 200 g/mol. The molecule has 0 radical (unpaired) electrons. The van der Waals surface area contributed by atoms with E-state index < -0.39 is 0 Å². The van der Waals surface area contributed by atoms with Gasteiger partial charge in [0, 0.05) is 25.2 Å². The highest BCUT2D eigenvalue weighted by atomic mass is 16.5.